The zero-order valence-corrected chi connectivity index (χ0v) is 15.8. The number of oxazole rings is 1. The van der Waals surface area contributed by atoms with E-state index in [4.69, 9.17) is 4.42 Å². The van der Waals surface area contributed by atoms with Gasteiger partial charge in [-0.05, 0) is 30.3 Å². The van der Waals surface area contributed by atoms with E-state index in [-0.39, 0.29) is 12.1 Å². The molecule has 3 aromatic rings. The van der Waals surface area contributed by atoms with Gasteiger partial charge in [0.05, 0.1) is 16.5 Å². The summed E-state index contributed by atoms with van der Waals surface area (Å²) in [5.41, 5.74) is 0.941. The number of aryl methyl sites for hydroxylation is 1. The minimum atomic E-state index is -4.50. The van der Waals surface area contributed by atoms with Crippen LogP contribution < -0.4 is 10.6 Å². The lowest BCUT2D eigenvalue weighted by Gasteiger charge is -2.24. The molecule has 2 aromatic carbocycles. The SMILES string of the molecule is Cc1nc2ccc(NC(=O)CC3Sc4ccc(C(F)(F)F)cc4NC3=O)cc2o1. The molecule has 0 bridgehead atoms. The van der Waals surface area contributed by atoms with Crippen LogP contribution >= 0.6 is 11.8 Å². The van der Waals surface area contributed by atoms with Crippen LogP contribution in [0.15, 0.2) is 45.7 Å². The number of hydrogen-bond acceptors (Lipinski definition) is 5. The normalized spacial score (nSPS) is 16.4. The molecule has 2 N–H and O–H groups in total. The minimum Gasteiger partial charge on any atom is -0.441 e. The molecule has 0 saturated heterocycles. The Balaban J connectivity index is 1.45. The third-order valence-corrected chi connectivity index (χ3v) is 5.55. The number of carbonyl (C=O) groups excluding carboxylic acids is 2. The zero-order chi connectivity index (χ0) is 20.8. The summed E-state index contributed by atoms with van der Waals surface area (Å²) in [5, 5.41) is 4.40. The van der Waals surface area contributed by atoms with Gasteiger partial charge in [-0.1, -0.05) is 0 Å². The zero-order valence-electron chi connectivity index (χ0n) is 15.0. The maximum Gasteiger partial charge on any atom is 0.416 e. The predicted molar refractivity (Wildman–Crippen MR) is 102 cm³/mol. The second kappa shape index (κ2) is 7.11. The van der Waals surface area contributed by atoms with Gasteiger partial charge in [0, 0.05) is 30.0 Å². The van der Waals surface area contributed by atoms with Crippen molar-refractivity contribution in [3.63, 3.8) is 0 Å². The van der Waals surface area contributed by atoms with Gasteiger partial charge in [-0.2, -0.15) is 13.2 Å². The first-order chi connectivity index (χ1) is 13.7. The Morgan fingerprint density at radius 1 is 1.28 bits per heavy atom. The summed E-state index contributed by atoms with van der Waals surface area (Å²) in [6.45, 7) is 1.71. The van der Waals surface area contributed by atoms with Crippen LogP contribution in [0, 0.1) is 6.92 Å². The van der Waals surface area contributed by atoms with Gasteiger partial charge in [0.1, 0.15) is 5.52 Å². The maximum atomic E-state index is 12.8. The molecule has 1 unspecified atom stereocenters. The molecule has 1 aliphatic rings. The fourth-order valence-corrected chi connectivity index (χ4v) is 4.05. The summed E-state index contributed by atoms with van der Waals surface area (Å²) in [6.07, 6.45) is -4.63. The van der Waals surface area contributed by atoms with Crippen LogP contribution in [0.2, 0.25) is 0 Å². The molecule has 2 amide bonds. The molecule has 10 heteroatoms. The third-order valence-electron chi connectivity index (χ3n) is 4.28. The number of nitrogens with zero attached hydrogens (tertiary/aromatic N) is 1. The van der Waals surface area contributed by atoms with Gasteiger partial charge in [0.25, 0.3) is 0 Å². The van der Waals surface area contributed by atoms with Gasteiger partial charge in [0.2, 0.25) is 11.8 Å². The Hall–Kier alpha value is -3.01. The molecule has 0 radical (unpaired) electrons. The van der Waals surface area contributed by atoms with Gasteiger partial charge >= 0.3 is 6.18 Å². The van der Waals surface area contributed by atoms with E-state index < -0.39 is 28.8 Å². The number of amides is 2. The van der Waals surface area contributed by atoms with Crippen molar-refractivity contribution in [2.45, 2.75) is 29.7 Å². The van der Waals surface area contributed by atoms with Crippen molar-refractivity contribution in [2.24, 2.45) is 0 Å². The van der Waals surface area contributed by atoms with Crippen molar-refractivity contribution in [1.82, 2.24) is 4.98 Å². The van der Waals surface area contributed by atoms with Gasteiger partial charge in [-0.25, -0.2) is 4.98 Å². The van der Waals surface area contributed by atoms with E-state index in [2.05, 4.69) is 15.6 Å². The van der Waals surface area contributed by atoms with Crippen molar-refractivity contribution in [3.8, 4) is 0 Å². The van der Waals surface area contributed by atoms with E-state index in [1.165, 1.54) is 6.07 Å². The number of fused-ring (bicyclic) bond motifs is 2. The Bertz CT molecular complexity index is 1130. The fraction of sp³-hybridized carbons (Fsp3) is 0.211. The maximum absolute atomic E-state index is 12.8. The second-order valence-electron chi connectivity index (χ2n) is 6.47. The Morgan fingerprint density at radius 2 is 2.07 bits per heavy atom. The summed E-state index contributed by atoms with van der Waals surface area (Å²) < 4.78 is 43.9. The number of halogens is 3. The number of aromatic nitrogens is 1. The molecule has 1 atom stereocenters. The van der Waals surface area contributed by atoms with Crippen molar-refractivity contribution < 1.29 is 27.2 Å². The number of anilines is 2. The highest BCUT2D eigenvalue weighted by molar-refractivity contribution is 8.01. The summed E-state index contributed by atoms with van der Waals surface area (Å²) in [5.74, 6) is -0.409. The first kappa shape index (κ1) is 19.3. The van der Waals surface area contributed by atoms with Crippen molar-refractivity contribution in [1.29, 1.82) is 0 Å². The molecule has 29 heavy (non-hydrogen) atoms. The highest BCUT2D eigenvalue weighted by Crippen LogP contribution is 2.40. The van der Waals surface area contributed by atoms with Crippen LogP contribution in [0.1, 0.15) is 17.9 Å². The standard InChI is InChI=1S/C19H14F3N3O3S/c1-9-23-12-4-3-11(7-14(12)28-9)24-17(26)8-16-18(27)25-13-6-10(19(20,21)22)2-5-15(13)29-16/h2-7,16H,8H2,1H3,(H,24,26)(H,25,27). The van der Waals surface area contributed by atoms with Crippen LogP contribution in [-0.2, 0) is 15.8 Å². The summed E-state index contributed by atoms with van der Waals surface area (Å²) in [6, 6.07) is 8.16. The molecule has 4 rings (SSSR count). The lowest BCUT2D eigenvalue weighted by Crippen LogP contribution is -2.32. The Labute approximate surface area is 166 Å². The fourth-order valence-electron chi connectivity index (χ4n) is 2.96. The summed E-state index contributed by atoms with van der Waals surface area (Å²) in [4.78, 5) is 29.3. The van der Waals surface area contributed by atoms with E-state index in [0.29, 0.717) is 27.6 Å². The minimum absolute atomic E-state index is 0.0950. The Morgan fingerprint density at radius 3 is 2.83 bits per heavy atom. The van der Waals surface area contributed by atoms with Crippen molar-refractivity contribution >= 4 is 46.1 Å². The van der Waals surface area contributed by atoms with E-state index in [0.717, 1.165) is 23.9 Å². The number of nitrogens with one attached hydrogen (secondary N) is 2. The molecule has 6 nitrogen and oxygen atoms in total. The van der Waals surface area contributed by atoms with E-state index in [1.54, 1.807) is 25.1 Å². The number of rotatable bonds is 3. The first-order valence-electron chi connectivity index (χ1n) is 8.55. The van der Waals surface area contributed by atoms with Crippen LogP contribution in [0.3, 0.4) is 0 Å². The number of carbonyl (C=O) groups is 2. The van der Waals surface area contributed by atoms with Gasteiger partial charge < -0.3 is 15.1 Å². The average Bonchev–Trinajstić information content (AvgIpc) is 3.00. The molecule has 1 aliphatic heterocycles. The van der Waals surface area contributed by atoms with E-state index in [9.17, 15) is 22.8 Å². The van der Waals surface area contributed by atoms with Crippen molar-refractivity contribution in [2.75, 3.05) is 10.6 Å². The lowest BCUT2D eigenvalue weighted by molar-refractivity contribution is -0.137. The smallest absolute Gasteiger partial charge is 0.416 e. The number of benzene rings is 2. The third kappa shape index (κ3) is 4.07. The molecule has 0 aliphatic carbocycles. The van der Waals surface area contributed by atoms with Crippen LogP contribution in [-0.4, -0.2) is 22.0 Å². The largest absolute Gasteiger partial charge is 0.441 e. The molecular formula is C19H14F3N3O3S. The molecule has 1 aromatic heterocycles. The second-order valence-corrected chi connectivity index (χ2v) is 7.72. The first-order valence-corrected chi connectivity index (χ1v) is 9.43. The van der Waals surface area contributed by atoms with Crippen LogP contribution in [0.5, 0.6) is 0 Å². The van der Waals surface area contributed by atoms with Gasteiger partial charge in [-0.3, -0.25) is 9.59 Å². The number of hydrogen-bond donors (Lipinski definition) is 2. The molecular weight excluding hydrogens is 407 g/mol. The monoisotopic (exact) mass is 421 g/mol. The predicted octanol–water partition coefficient (Wildman–Crippen LogP) is 4.60. The van der Waals surface area contributed by atoms with Crippen molar-refractivity contribution in [3.05, 3.63) is 47.9 Å². The molecule has 150 valence electrons. The molecule has 0 saturated carbocycles. The molecule has 2 heterocycles. The number of thioether (sulfide) groups is 1. The highest BCUT2D eigenvalue weighted by Gasteiger charge is 2.34. The quantitative estimate of drug-likeness (QED) is 0.646. The van der Waals surface area contributed by atoms with E-state index >= 15 is 0 Å². The summed E-state index contributed by atoms with van der Waals surface area (Å²) >= 11 is 1.06. The lowest BCUT2D eigenvalue weighted by atomic mass is 10.1. The molecule has 0 fully saturated rings. The summed E-state index contributed by atoms with van der Waals surface area (Å²) in [7, 11) is 0. The van der Waals surface area contributed by atoms with Gasteiger partial charge in [-0.15, -0.1) is 11.8 Å². The van der Waals surface area contributed by atoms with Crippen LogP contribution in [0.4, 0.5) is 24.5 Å². The number of alkyl halides is 3. The topological polar surface area (TPSA) is 84.2 Å². The Kier molecular flexibility index (Phi) is 4.73. The van der Waals surface area contributed by atoms with Crippen LogP contribution in [0.25, 0.3) is 11.1 Å². The van der Waals surface area contributed by atoms with E-state index in [1.807, 2.05) is 0 Å². The highest BCUT2D eigenvalue weighted by atomic mass is 32.2. The van der Waals surface area contributed by atoms with Gasteiger partial charge in [0.15, 0.2) is 11.5 Å². The molecule has 0 spiro atoms. The average molecular weight is 421 g/mol.